The number of carbonyl (C=O) groups is 1. The number of aliphatic carboxylic acids is 1. The van der Waals surface area contributed by atoms with Crippen molar-refractivity contribution in [3.8, 4) is 11.5 Å². The van der Waals surface area contributed by atoms with Crippen molar-refractivity contribution in [2.45, 2.75) is 19.4 Å². The predicted octanol–water partition coefficient (Wildman–Crippen LogP) is 3.18. The summed E-state index contributed by atoms with van der Waals surface area (Å²) in [7, 11) is 0. The number of rotatable bonds is 6. The third-order valence-electron chi connectivity index (χ3n) is 6.00. The van der Waals surface area contributed by atoms with Crippen LogP contribution < -0.4 is 19.7 Å². The molecule has 1 saturated heterocycles. The Hall–Kier alpha value is -4.15. The lowest BCUT2D eigenvalue weighted by Crippen LogP contribution is -2.37. The van der Waals surface area contributed by atoms with Crippen LogP contribution in [-0.2, 0) is 11.3 Å². The van der Waals surface area contributed by atoms with Gasteiger partial charge in [-0.3, -0.25) is 14.9 Å². The van der Waals surface area contributed by atoms with Crippen LogP contribution in [0.5, 0.6) is 11.5 Å². The zero-order valence-electron chi connectivity index (χ0n) is 17.6. The first-order valence-corrected chi connectivity index (χ1v) is 10.5. The highest BCUT2D eigenvalue weighted by atomic mass is 16.7. The Bertz CT molecular complexity index is 1240. The summed E-state index contributed by atoms with van der Waals surface area (Å²) in [4.78, 5) is 24.2. The van der Waals surface area contributed by atoms with Crippen LogP contribution in [0.4, 0.5) is 17.3 Å². The SMILES string of the molecule is O=C(O)C1CCN(c2nnc(NCc3ccc4c(c3)OCO4)c3cc([N+](=O)[O-])ccc23)CC1. The number of nitrogens with zero attached hydrogens (tertiary/aromatic N) is 4. The van der Waals surface area contributed by atoms with E-state index in [0.29, 0.717) is 61.0 Å². The number of ether oxygens (including phenoxy) is 2. The first-order valence-electron chi connectivity index (χ1n) is 10.5. The second-order valence-corrected chi connectivity index (χ2v) is 8.00. The maximum Gasteiger partial charge on any atom is 0.306 e. The topological polar surface area (TPSA) is 140 Å². The standard InChI is InChI=1S/C22H21N5O6/c28-22(29)14-5-7-26(8-6-14)21-16-3-2-15(27(30)31)10-17(16)20(24-25-21)23-11-13-1-4-18-19(9-13)33-12-32-18/h1-4,9-10,14H,5-8,11-12H2,(H,23,24)(H,28,29). The molecule has 0 spiro atoms. The Kier molecular flexibility index (Phi) is 5.29. The fourth-order valence-electron chi connectivity index (χ4n) is 4.18. The average Bonchev–Trinajstić information content (AvgIpc) is 3.30. The number of nitro groups is 1. The van der Waals surface area contributed by atoms with E-state index in [4.69, 9.17) is 9.47 Å². The maximum atomic E-state index is 11.4. The summed E-state index contributed by atoms with van der Waals surface area (Å²) in [5, 5.41) is 33.9. The van der Waals surface area contributed by atoms with E-state index < -0.39 is 10.9 Å². The number of benzene rings is 2. The molecule has 3 aromatic rings. The number of non-ortho nitro benzene ring substituents is 1. The van der Waals surface area contributed by atoms with E-state index in [1.54, 1.807) is 6.07 Å². The molecule has 0 radical (unpaired) electrons. The number of aromatic nitrogens is 2. The lowest BCUT2D eigenvalue weighted by molar-refractivity contribution is -0.384. The van der Waals surface area contributed by atoms with Gasteiger partial charge >= 0.3 is 5.97 Å². The van der Waals surface area contributed by atoms with Crippen molar-refractivity contribution in [3.63, 3.8) is 0 Å². The van der Waals surface area contributed by atoms with Gasteiger partial charge in [0.2, 0.25) is 6.79 Å². The minimum Gasteiger partial charge on any atom is -0.481 e. The minimum atomic E-state index is -0.788. The number of carboxylic acids is 1. The number of nitro benzene ring substituents is 1. The quantitative estimate of drug-likeness (QED) is 0.424. The van der Waals surface area contributed by atoms with Gasteiger partial charge in [0.15, 0.2) is 23.1 Å². The number of piperidine rings is 1. The maximum absolute atomic E-state index is 11.4. The Morgan fingerprint density at radius 1 is 1.12 bits per heavy atom. The molecule has 2 aliphatic heterocycles. The number of fused-ring (bicyclic) bond motifs is 2. The molecule has 0 saturated carbocycles. The van der Waals surface area contributed by atoms with Crippen molar-refractivity contribution in [3.05, 3.63) is 52.1 Å². The molecule has 1 fully saturated rings. The molecule has 0 bridgehead atoms. The van der Waals surface area contributed by atoms with Gasteiger partial charge in [-0.05, 0) is 36.6 Å². The van der Waals surface area contributed by atoms with Crippen molar-refractivity contribution in [1.82, 2.24) is 10.2 Å². The van der Waals surface area contributed by atoms with Gasteiger partial charge in [-0.25, -0.2) is 0 Å². The van der Waals surface area contributed by atoms with Crippen LogP contribution in [-0.4, -0.2) is 46.1 Å². The third-order valence-corrected chi connectivity index (χ3v) is 6.00. The molecule has 0 unspecified atom stereocenters. The highest BCUT2D eigenvalue weighted by Crippen LogP contribution is 2.35. The number of hydrogen-bond donors (Lipinski definition) is 2. The van der Waals surface area contributed by atoms with Crippen LogP contribution in [0.1, 0.15) is 18.4 Å². The van der Waals surface area contributed by atoms with Crippen LogP contribution in [0.15, 0.2) is 36.4 Å². The van der Waals surface area contributed by atoms with E-state index in [9.17, 15) is 20.0 Å². The van der Waals surface area contributed by atoms with Crippen LogP contribution in [0.3, 0.4) is 0 Å². The van der Waals surface area contributed by atoms with E-state index in [-0.39, 0.29) is 18.4 Å². The molecule has 0 amide bonds. The number of carboxylic acid groups (broad SMARTS) is 1. The van der Waals surface area contributed by atoms with E-state index in [1.807, 2.05) is 23.1 Å². The van der Waals surface area contributed by atoms with Crippen molar-refractivity contribution in [2.24, 2.45) is 5.92 Å². The summed E-state index contributed by atoms with van der Waals surface area (Å²) in [5.74, 6) is 1.22. The monoisotopic (exact) mass is 451 g/mol. The fraction of sp³-hybridized carbons (Fsp3) is 0.318. The van der Waals surface area contributed by atoms with Gasteiger partial charge in [0.1, 0.15) is 0 Å². The van der Waals surface area contributed by atoms with E-state index in [0.717, 1.165) is 10.9 Å². The van der Waals surface area contributed by atoms with Gasteiger partial charge in [0.05, 0.1) is 10.8 Å². The second-order valence-electron chi connectivity index (χ2n) is 8.00. The molecular formula is C22H21N5O6. The van der Waals surface area contributed by atoms with Gasteiger partial charge in [0.25, 0.3) is 5.69 Å². The Morgan fingerprint density at radius 2 is 1.91 bits per heavy atom. The summed E-state index contributed by atoms with van der Waals surface area (Å²) in [6, 6.07) is 10.2. The van der Waals surface area contributed by atoms with Crippen molar-refractivity contribution in [2.75, 3.05) is 30.1 Å². The van der Waals surface area contributed by atoms with E-state index >= 15 is 0 Å². The fourth-order valence-corrected chi connectivity index (χ4v) is 4.18. The Labute approximate surface area is 188 Å². The molecule has 33 heavy (non-hydrogen) atoms. The van der Waals surface area contributed by atoms with Crippen LogP contribution in [0.2, 0.25) is 0 Å². The lowest BCUT2D eigenvalue weighted by atomic mass is 9.97. The highest BCUT2D eigenvalue weighted by Gasteiger charge is 2.27. The van der Waals surface area contributed by atoms with Gasteiger partial charge in [0, 0.05) is 42.5 Å². The Morgan fingerprint density at radius 3 is 2.67 bits per heavy atom. The van der Waals surface area contributed by atoms with Crippen molar-refractivity contribution < 1.29 is 24.3 Å². The van der Waals surface area contributed by atoms with E-state index in [2.05, 4.69) is 15.5 Å². The third kappa shape index (κ3) is 4.04. The van der Waals surface area contributed by atoms with Gasteiger partial charge in [-0.15, -0.1) is 10.2 Å². The summed E-state index contributed by atoms with van der Waals surface area (Å²) in [6.45, 7) is 1.66. The zero-order valence-corrected chi connectivity index (χ0v) is 17.6. The predicted molar refractivity (Wildman–Crippen MR) is 119 cm³/mol. The van der Waals surface area contributed by atoms with E-state index in [1.165, 1.54) is 12.1 Å². The minimum absolute atomic E-state index is 0.0443. The molecular weight excluding hydrogens is 430 g/mol. The summed E-state index contributed by atoms with van der Waals surface area (Å²) in [5.41, 5.74) is 0.886. The van der Waals surface area contributed by atoms with Gasteiger partial charge < -0.3 is 24.8 Å². The second kappa shape index (κ2) is 8.41. The Balaban J connectivity index is 1.44. The molecule has 1 aromatic heterocycles. The number of anilines is 2. The van der Waals surface area contributed by atoms with Gasteiger partial charge in [-0.1, -0.05) is 6.07 Å². The molecule has 170 valence electrons. The largest absolute Gasteiger partial charge is 0.481 e. The summed E-state index contributed by atoms with van der Waals surface area (Å²) < 4.78 is 10.7. The summed E-state index contributed by atoms with van der Waals surface area (Å²) >= 11 is 0. The number of nitrogens with one attached hydrogen (secondary N) is 1. The first kappa shape index (κ1) is 20.7. The molecule has 3 heterocycles. The molecule has 5 rings (SSSR count). The van der Waals surface area contributed by atoms with Crippen LogP contribution >= 0.6 is 0 Å². The highest BCUT2D eigenvalue weighted by molar-refractivity contribution is 6.00. The molecule has 0 aliphatic carbocycles. The molecule has 11 heteroatoms. The van der Waals surface area contributed by atoms with Crippen LogP contribution in [0, 0.1) is 16.0 Å². The molecule has 11 nitrogen and oxygen atoms in total. The van der Waals surface area contributed by atoms with Crippen molar-refractivity contribution in [1.29, 1.82) is 0 Å². The lowest BCUT2D eigenvalue weighted by Gasteiger charge is -2.31. The normalized spacial score (nSPS) is 15.6. The summed E-state index contributed by atoms with van der Waals surface area (Å²) in [6.07, 6.45) is 1.02. The van der Waals surface area contributed by atoms with Crippen molar-refractivity contribution >= 4 is 34.1 Å². The molecule has 2 aromatic carbocycles. The van der Waals surface area contributed by atoms with Gasteiger partial charge in [-0.2, -0.15) is 0 Å². The first-order chi connectivity index (χ1) is 16.0. The van der Waals surface area contributed by atoms with Crippen LogP contribution in [0.25, 0.3) is 10.8 Å². The smallest absolute Gasteiger partial charge is 0.306 e. The molecule has 2 N–H and O–H groups in total. The zero-order chi connectivity index (χ0) is 22.9. The molecule has 0 atom stereocenters. The molecule has 2 aliphatic rings. The average molecular weight is 451 g/mol. The number of hydrogen-bond acceptors (Lipinski definition) is 9.